The predicted molar refractivity (Wildman–Crippen MR) is 118 cm³/mol. The van der Waals surface area contributed by atoms with Gasteiger partial charge in [-0.3, -0.25) is 9.10 Å². The van der Waals surface area contributed by atoms with E-state index in [1.54, 1.807) is 30.3 Å². The maximum atomic E-state index is 12.8. The van der Waals surface area contributed by atoms with Gasteiger partial charge in [-0.15, -0.1) is 0 Å². The van der Waals surface area contributed by atoms with Crippen LogP contribution in [0.15, 0.2) is 42.5 Å². The minimum absolute atomic E-state index is 0.0949. The number of nitrogens with zero attached hydrogens (tertiary/aromatic N) is 1. The summed E-state index contributed by atoms with van der Waals surface area (Å²) in [7, 11) is -3.60. The lowest BCUT2D eigenvalue weighted by molar-refractivity contribution is -0.122. The molecule has 1 aliphatic rings. The van der Waals surface area contributed by atoms with Gasteiger partial charge in [-0.05, 0) is 54.3 Å². The zero-order valence-corrected chi connectivity index (χ0v) is 18.7. The number of hydrogen-bond donors (Lipinski definition) is 1. The number of benzene rings is 2. The lowest BCUT2D eigenvalue weighted by atomic mass is 9.86. The van der Waals surface area contributed by atoms with Gasteiger partial charge in [0.25, 0.3) is 5.91 Å². The maximum absolute atomic E-state index is 12.8. The molecule has 0 radical (unpaired) electrons. The van der Waals surface area contributed by atoms with E-state index >= 15 is 0 Å². The zero-order valence-electron chi connectivity index (χ0n) is 17.9. The number of anilines is 2. The average molecular weight is 433 g/mol. The molecule has 0 fully saturated rings. The first-order valence-electron chi connectivity index (χ1n) is 9.81. The molecular weight excluding hydrogens is 404 g/mol. The molecule has 1 atom stereocenters. The van der Waals surface area contributed by atoms with Crippen molar-refractivity contribution in [3.05, 3.63) is 48.0 Å². The van der Waals surface area contributed by atoms with Crippen LogP contribution in [0.25, 0.3) is 0 Å². The number of nitrogens with one attached hydrogen (secondary N) is 1. The minimum atomic E-state index is -3.60. The Kier molecular flexibility index (Phi) is 5.99. The molecule has 1 heterocycles. The SMILES string of the molecule is CCOc1ccc(NC(=O)[C@H]2CN(S(C)(=O)=O)c3cc(C(C)(C)C)ccc3O2)cc1. The van der Waals surface area contributed by atoms with E-state index in [1.165, 1.54) is 4.31 Å². The van der Waals surface area contributed by atoms with E-state index in [4.69, 9.17) is 9.47 Å². The quantitative estimate of drug-likeness (QED) is 0.781. The van der Waals surface area contributed by atoms with E-state index in [0.717, 1.165) is 11.8 Å². The van der Waals surface area contributed by atoms with Crippen molar-refractivity contribution in [2.24, 2.45) is 0 Å². The highest BCUT2D eigenvalue weighted by Crippen LogP contribution is 2.38. The Labute approximate surface area is 178 Å². The number of amides is 1. The van der Waals surface area contributed by atoms with Crippen molar-refractivity contribution in [1.82, 2.24) is 0 Å². The molecule has 0 saturated heterocycles. The first-order chi connectivity index (χ1) is 14.0. The average Bonchev–Trinajstić information content (AvgIpc) is 2.67. The molecule has 162 valence electrons. The first-order valence-corrected chi connectivity index (χ1v) is 11.7. The summed E-state index contributed by atoms with van der Waals surface area (Å²) in [6.07, 6.45) is 0.159. The van der Waals surface area contributed by atoms with Gasteiger partial charge in [-0.25, -0.2) is 8.42 Å². The number of ether oxygens (including phenoxy) is 2. The van der Waals surface area contributed by atoms with Crippen LogP contribution in [-0.2, 0) is 20.2 Å². The Hall–Kier alpha value is -2.74. The fraction of sp³-hybridized carbons (Fsp3) is 0.409. The van der Waals surface area contributed by atoms with Crippen molar-refractivity contribution >= 4 is 27.3 Å². The van der Waals surface area contributed by atoms with Crippen LogP contribution in [0.1, 0.15) is 33.3 Å². The standard InChI is InChI=1S/C22H28N2O5S/c1-6-28-17-10-8-16(9-11-17)23-21(25)20-14-24(30(5,26)27)18-13-15(22(2,3)4)7-12-19(18)29-20/h7-13,20H,6,14H2,1-5H3,(H,23,25)/t20-/m1/s1. The Balaban J connectivity index is 1.85. The molecule has 0 bridgehead atoms. The minimum Gasteiger partial charge on any atom is -0.494 e. The third-order valence-electron chi connectivity index (χ3n) is 4.82. The predicted octanol–water partition coefficient (Wildman–Crippen LogP) is 3.55. The van der Waals surface area contributed by atoms with Crippen molar-refractivity contribution in [2.45, 2.75) is 39.2 Å². The van der Waals surface area contributed by atoms with Gasteiger partial charge in [-0.1, -0.05) is 26.8 Å². The van der Waals surface area contributed by atoms with Gasteiger partial charge in [0.15, 0.2) is 6.10 Å². The highest BCUT2D eigenvalue weighted by atomic mass is 32.2. The zero-order chi connectivity index (χ0) is 22.1. The van der Waals surface area contributed by atoms with Crippen molar-refractivity contribution in [3.8, 4) is 11.5 Å². The number of sulfonamides is 1. The second-order valence-corrected chi connectivity index (χ2v) is 10.2. The van der Waals surface area contributed by atoms with Gasteiger partial charge >= 0.3 is 0 Å². The van der Waals surface area contributed by atoms with E-state index < -0.39 is 22.0 Å². The van der Waals surface area contributed by atoms with Crippen LogP contribution in [0, 0.1) is 0 Å². The summed E-state index contributed by atoms with van der Waals surface area (Å²) in [4.78, 5) is 12.8. The molecule has 8 heteroatoms. The molecule has 3 rings (SSSR count). The van der Waals surface area contributed by atoms with Crippen molar-refractivity contribution in [2.75, 3.05) is 29.0 Å². The van der Waals surface area contributed by atoms with Crippen molar-refractivity contribution in [3.63, 3.8) is 0 Å². The third-order valence-corrected chi connectivity index (χ3v) is 5.97. The topological polar surface area (TPSA) is 84.9 Å². The van der Waals surface area contributed by atoms with Gasteiger partial charge in [0.05, 0.1) is 25.1 Å². The van der Waals surface area contributed by atoms with Gasteiger partial charge in [0.1, 0.15) is 11.5 Å². The third kappa shape index (κ3) is 4.87. The molecule has 1 amide bonds. The first kappa shape index (κ1) is 22.0. The highest BCUT2D eigenvalue weighted by Gasteiger charge is 2.35. The van der Waals surface area contributed by atoms with E-state index in [0.29, 0.717) is 29.5 Å². The number of carbonyl (C=O) groups excluding carboxylic acids is 1. The second-order valence-electron chi connectivity index (χ2n) is 8.28. The molecule has 1 N–H and O–H groups in total. The van der Waals surface area contributed by atoms with Crippen molar-refractivity contribution < 1.29 is 22.7 Å². The van der Waals surface area contributed by atoms with Gasteiger partial charge in [-0.2, -0.15) is 0 Å². The fourth-order valence-electron chi connectivity index (χ4n) is 3.19. The van der Waals surface area contributed by atoms with Crippen LogP contribution < -0.4 is 19.1 Å². The van der Waals surface area contributed by atoms with Gasteiger partial charge < -0.3 is 14.8 Å². The van der Waals surface area contributed by atoms with Crippen LogP contribution in [-0.4, -0.2) is 39.8 Å². The Morgan fingerprint density at radius 2 is 1.87 bits per heavy atom. The number of fused-ring (bicyclic) bond motifs is 1. The molecule has 0 aliphatic carbocycles. The van der Waals surface area contributed by atoms with E-state index in [1.807, 2.05) is 19.1 Å². The molecule has 2 aromatic rings. The lowest BCUT2D eigenvalue weighted by Crippen LogP contribution is -2.48. The molecule has 0 aromatic heterocycles. The summed E-state index contributed by atoms with van der Waals surface area (Å²) >= 11 is 0. The van der Waals surface area contributed by atoms with Crippen LogP contribution in [0.2, 0.25) is 0 Å². The highest BCUT2D eigenvalue weighted by molar-refractivity contribution is 7.92. The second kappa shape index (κ2) is 8.18. The molecule has 0 unspecified atom stereocenters. The van der Waals surface area contributed by atoms with Crippen LogP contribution in [0.5, 0.6) is 11.5 Å². The summed E-state index contributed by atoms with van der Waals surface area (Å²) in [6.45, 7) is 8.51. The molecule has 2 aromatic carbocycles. The molecular formula is C22H28N2O5S. The Morgan fingerprint density at radius 1 is 1.20 bits per heavy atom. The van der Waals surface area contributed by atoms with Gasteiger partial charge in [0, 0.05) is 5.69 Å². The number of rotatable bonds is 5. The summed E-state index contributed by atoms with van der Waals surface area (Å²) in [5.74, 6) is 0.654. The van der Waals surface area contributed by atoms with Crippen LogP contribution >= 0.6 is 0 Å². The van der Waals surface area contributed by atoms with Crippen molar-refractivity contribution in [1.29, 1.82) is 0 Å². The normalized spacial score (nSPS) is 16.4. The monoisotopic (exact) mass is 432 g/mol. The molecule has 30 heavy (non-hydrogen) atoms. The van der Waals surface area contributed by atoms with Crippen LogP contribution in [0.4, 0.5) is 11.4 Å². The van der Waals surface area contributed by atoms with E-state index in [-0.39, 0.29) is 12.0 Å². The number of hydrogen-bond acceptors (Lipinski definition) is 5. The summed E-state index contributed by atoms with van der Waals surface area (Å²) < 4.78 is 37.4. The molecule has 7 nitrogen and oxygen atoms in total. The Morgan fingerprint density at radius 3 is 2.43 bits per heavy atom. The number of carbonyl (C=O) groups is 1. The summed E-state index contributed by atoms with van der Waals surface area (Å²) in [6, 6.07) is 12.4. The summed E-state index contributed by atoms with van der Waals surface area (Å²) in [5.41, 5.74) is 1.86. The van der Waals surface area contributed by atoms with E-state index in [9.17, 15) is 13.2 Å². The lowest BCUT2D eigenvalue weighted by Gasteiger charge is -2.35. The Bertz CT molecular complexity index is 1030. The fourth-order valence-corrected chi connectivity index (χ4v) is 4.10. The largest absolute Gasteiger partial charge is 0.494 e. The molecule has 0 spiro atoms. The van der Waals surface area contributed by atoms with Gasteiger partial charge in [0.2, 0.25) is 10.0 Å². The smallest absolute Gasteiger partial charge is 0.267 e. The molecule has 0 saturated carbocycles. The van der Waals surface area contributed by atoms with E-state index in [2.05, 4.69) is 26.1 Å². The molecule has 1 aliphatic heterocycles. The summed E-state index contributed by atoms with van der Waals surface area (Å²) in [5, 5.41) is 2.78. The maximum Gasteiger partial charge on any atom is 0.267 e. The van der Waals surface area contributed by atoms with Crippen LogP contribution in [0.3, 0.4) is 0 Å².